The molecule has 0 aromatic rings. The molecule has 0 spiro atoms. The van der Waals surface area contributed by atoms with Gasteiger partial charge >= 0.3 is 6.03 Å². The maximum atomic E-state index is 12.0. The van der Waals surface area contributed by atoms with Crippen LogP contribution in [-0.4, -0.2) is 55.9 Å². The predicted molar refractivity (Wildman–Crippen MR) is 84.4 cm³/mol. The monoisotopic (exact) mass is 295 g/mol. The number of hydrogen-bond donors (Lipinski definition) is 2. The van der Waals surface area contributed by atoms with Crippen molar-refractivity contribution in [1.82, 2.24) is 15.5 Å². The molecule has 5 heteroatoms. The summed E-state index contributed by atoms with van der Waals surface area (Å²) in [6, 6.07) is 0.578. The SMILES string of the molecule is CC(C)=CCN1CCC(NC(=O)NC2CCOCC2)CC1. The number of amides is 2. The molecule has 0 aromatic heterocycles. The highest BCUT2D eigenvalue weighted by molar-refractivity contribution is 5.74. The van der Waals surface area contributed by atoms with Gasteiger partial charge in [0.15, 0.2) is 0 Å². The van der Waals surface area contributed by atoms with Gasteiger partial charge in [0.1, 0.15) is 0 Å². The first-order valence-corrected chi connectivity index (χ1v) is 8.14. The molecular formula is C16H29N3O2. The van der Waals surface area contributed by atoms with Crippen molar-refractivity contribution in [3.05, 3.63) is 11.6 Å². The summed E-state index contributed by atoms with van der Waals surface area (Å²) in [7, 11) is 0. The number of ether oxygens (including phenoxy) is 1. The van der Waals surface area contributed by atoms with E-state index in [-0.39, 0.29) is 12.1 Å². The molecule has 0 aliphatic carbocycles. The van der Waals surface area contributed by atoms with Gasteiger partial charge in [-0.2, -0.15) is 0 Å². The Morgan fingerprint density at radius 2 is 1.67 bits per heavy atom. The molecule has 2 N–H and O–H groups in total. The zero-order chi connectivity index (χ0) is 15.1. The third-order valence-corrected chi connectivity index (χ3v) is 4.24. The van der Waals surface area contributed by atoms with Crippen LogP contribution in [0.1, 0.15) is 39.5 Å². The second kappa shape index (κ2) is 8.39. The lowest BCUT2D eigenvalue weighted by Crippen LogP contribution is -2.50. The molecule has 2 amide bonds. The summed E-state index contributed by atoms with van der Waals surface area (Å²) in [6.07, 6.45) is 6.20. The fraction of sp³-hybridized carbons (Fsp3) is 0.812. The highest BCUT2D eigenvalue weighted by atomic mass is 16.5. The van der Waals surface area contributed by atoms with Gasteiger partial charge in [-0.1, -0.05) is 11.6 Å². The van der Waals surface area contributed by atoms with Crippen molar-refractivity contribution >= 4 is 6.03 Å². The number of carbonyl (C=O) groups excluding carboxylic acids is 1. The van der Waals surface area contributed by atoms with Gasteiger partial charge in [0.2, 0.25) is 0 Å². The number of piperidine rings is 1. The average Bonchev–Trinajstić information content (AvgIpc) is 2.47. The lowest BCUT2D eigenvalue weighted by molar-refractivity contribution is 0.0798. The van der Waals surface area contributed by atoms with Crippen LogP contribution in [0.5, 0.6) is 0 Å². The number of urea groups is 1. The molecule has 2 aliphatic rings. The number of likely N-dealkylation sites (tertiary alicyclic amines) is 1. The number of carbonyl (C=O) groups is 1. The van der Waals surface area contributed by atoms with E-state index in [1.807, 2.05) is 0 Å². The van der Waals surface area contributed by atoms with Gasteiger partial charge < -0.3 is 15.4 Å². The van der Waals surface area contributed by atoms with Crippen LogP contribution in [0.3, 0.4) is 0 Å². The summed E-state index contributed by atoms with van der Waals surface area (Å²) in [4.78, 5) is 14.4. The molecule has 2 saturated heterocycles. The largest absolute Gasteiger partial charge is 0.381 e. The number of allylic oxidation sites excluding steroid dienone is 1. The van der Waals surface area contributed by atoms with Crippen LogP contribution < -0.4 is 10.6 Å². The van der Waals surface area contributed by atoms with Gasteiger partial charge in [0.05, 0.1) is 0 Å². The number of nitrogens with one attached hydrogen (secondary N) is 2. The van der Waals surface area contributed by atoms with E-state index in [4.69, 9.17) is 4.74 Å². The van der Waals surface area contributed by atoms with E-state index >= 15 is 0 Å². The molecule has 0 radical (unpaired) electrons. The number of nitrogens with zero attached hydrogens (tertiary/aromatic N) is 1. The van der Waals surface area contributed by atoms with Crippen molar-refractivity contribution < 1.29 is 9.53 Å². The predicted octanol–water partition coefficient (Wildman–Crippen LogP) is 1.90. The normalized spacial score (nSPS) is 21.8. The Kier molecular flexibility index (Phi) is 6.51. The molecule has 21 heavy (non-hydrogen) atoms. The molecule has 0 atom stereocenters. The van der Waals surface area contributed by atoms with Crippen molar-refractivity contribution in [2.75, 3.05) is 32.8 Å². The molecule has 2 aliphatic heterocycles. The quantitative estimate of drug-likeness (QED) is 0.779. The van der Waals surface area contributed by atoms with Gasteiger partial charge in [-0.15, -0.1) is 0 Å². The third-order valence-electron chi connectivity index (χ3n) is 4.24. The van der Waals surface area contributed by atoms with E-state index in [0.29, 0.717) is 6.04 Å². The highest BCUT2D eigenvalue weighted by Crippen LogP contribution is 2.11. The van der Waals surface area contributed by atoms with Gasteiger partial charge in [0, 0.05) is 44.9 Å². The fourth-order valence-electron chi connectivity index (χ4n) is 2.83. The van der Waals surface area contributed by atoms with E-state index in [9.17, 15) is 4.79 Å². The van der Waals surface area contributed by atoms with E-state index in [0.717, 1.165) is 58.5 Å². The maximum Gasteiger partial charge on any atom is 0.315 e. The zero-order valence-corrected chi connectivity index (χ0v) is 13.4. The topological polar surface area (TPSA) is 53.6 Å². The average molecular weight is 295 g/mol. The second-order valence-corrected chi connectivity index (χ2v) is 6.36. The van der Waals surface area contributed by atoms with Crippen LogP contribution >= 0.6 is 0 Å². The maximum absolute atomic E-state index is 12.0. The third kappa shape index (κ3) is 6.06. The summed E-state index contributed by atoms with van der Waals surface area (Å²) < 4.78 is 5.30. The minimum Gasteiger partial charge on any atom is -0.381 e. The summed E-state index contributed by atoms with van der Waals surface area (Å²) >= 11 is 0. The summed E-state index contributed by atoms with van der Waals surface area (Å²) in [5.74, 6) is 0. The van der Waals surface area contributed by atoms with Crippen LogP contribution in [0, 0.1) is 0 Å². The van der Waals surface area contributed by atoms with E-state index < -0.39 is 0 Å². The molecule has 0 aromatic carbocycles. The van der Waals surface area contributed by atoms with E-state index in [2.05, 4.69) is 35.5 Å². The smallest absolute Gasteiger partial charge is 0.315 e. The fourth-order valence-corrected chi connectivity index (χ4v) is 2.83. The van der Waals surface area contributed by atoms with Gasteiger partial charge in [-0.25, -0.2) is 4.79 Å². The first kappa shape index (κ1) is 16.3. The molecule has 2 fully saturated rings. The van der Waals surface area contributed by atoms with Crippen LogP contribution in [0.15, 0.2) is 11.6 Å². The summed E-state index contributed by atoms with van der Waals surface area (Å²) in [5, 5.41) is 6.18. The molecule has 2 rings (SSSR count). The summed E-state index contributed by atoms with van der Waals surface area (Å²) in [6.45, 7) is 8.94. The number of hydrogen-bond acceptors (Lipinski definition) is 3. The second-order valence-electron chi connectivity index (χ2n) is 6.36. The Morgan fingerprint density at radius 1 is 1.10 bits per heavy atom. The first-order valence-electron chi connectivity index (χ1n) is 8.14. The van der Waals surface area contributed by atoms with Crippen molar-refractivity contribution in [2.24, 2.45) is 0 Å². The zero-order valence-electron chi connectivity index (χ0n) is 13.4. The van der Waals surface area contributed by atoms with Crippen molar-refractivity contribution in [3.8, 4) is 0 Å². The van der Waals surface area contributed by atoms with Crippen molar-refractivity contribution in [1.29, 1.82) is 0 Å². The minimum absolute atomic E-state index is 0.00958. The molecular weight excluding hydrogens is 266 g/mol. The standard InChI is InChI=1S/C16H29N3O2/c1-13(2)3-8-19-9-4-14(5-10-19)17-16(20)18-15-6-11-21-12-7-15/h3,14-15H,4-12H2,1-2H3,(H2,17,18,20). The molecule has 2 heterocycles. The Labute approximate surface area is 128 Å². The van der Waals surface area contributed by atoms with Crippen LogP contribution in [0.2, 0.25) is 0 Å². The van der Waals surface area contributed by atoms with E-state index in [1.54, 1.807) is 0 Å². The first-order chi connectivity index (χ1) is 10.1. The molecule has 0 bridgehead atoms. The Hall–Kier alpha value is -1.07. The lowest BCUT2D eigenvalue weighted by Gasteiger charge is -2.32. The molecule has 5 nitrogen and oxygen atoms in total. The van der Waals surface area contributed by atoms with E-state index in [1.165, 1.54) is 5.57 Å². The Bertz CT molecular complexity index is 353. The van der Waals surface area contributed by atoms with Crippen LogP contribution in [0.4, 0.5) is 4.79 Å². The number of rotatable bonds is 4. The van der Waals surface area contributed by atoms with Gasteiger partial charge in [-0.05, 0) is 39.5 Å². The highest BCUT2D eigenvalue weighted by Gasteiger charge is 2.21. The molecule has 0 unspecified atom stereocenters. The van der Waals surface area contributed by atoms with Crippen molar-refractivity contribution in [3.63, 3.8) is 0 Å². The minimum atomic E-state index is -0.00958. The molecule has 120 valence electrons. The molecule has 0 saturated carbocycles. The van der Waals surface area contributed by atoms with Crippen LogP contribution in [0.25, 0.3) is 0 Å². The Morgan fingerprint density at radius 3 is 2.24 bits per heavy atom. The summed E-state index contributed by atoms with van der Waals surface area (Å²) in [5.41, 5.74) is 1.37. The van der Waals surface area contributed by atoms with Gasteiger partial charge in [0.25, 0.3) is 0 Å². The van der Waals surface area contributed by atoms with Gasteiger partial charge in [-0.3, -0.25) is 4.90 Å². The Balaban J connectivity index is 1.63. The van der Waals surface area contributed by atoms with Crippen molar-refractivity contribution in [2.45, 2.75) is 51.6 Å². The lowest BCUT2D eigenvalue weighted by atomic mass is 10.0. The van der Waals surface area contributed by atoms with Crippen LogP contribution in [-0.2, 0) is 4.74 Å².